The first-order valence-corrected chi connectivity index (χ1v) is 5.66. The van der Waals surface area contributed by atoms with Crippen LogP contribution in [0.25, 0.3) is 0 Å². The van der Waals surface area contributed by atoms with Crippen LogP contribution in [0.4, 0.5) is 0 Å². The first-order chi connectivity index (χ1) is 7.33. The highest BCUT2D eigenvalue weighted by Gasteiger charge is 1.87. The quantitative estimate of drug-likeness (QED) is 0.623. The van der Waals surface area contributed by atoms with Crippen molar-refractivity contribution in [3.8, 4) is 0 Å². The summed E-state index contributed by atoms with van der Waals surface area (Å²) in [6.45, 7) is 8.13. The Kier molecular flexibility index (Phi) is 8.46. The van der Waals surface area contributed by atoms with E-state index in [9.17, 15) is 0 Å². The summed E-state index contributed by atoms with van der Waals surface area (Å²) in [6.07, 6.45) is 9.36. The molecular weight excluding hydrogens is 180 g/mol. The lowest BCUT2D eigenvalue weighted by Crippen LogP contribution is -1.80. The summed E-state index contributed by atoms with van der Waals surface area (Å²) in [7, 11) is 0. The van der Waals surface area contributed by atoms with Crippen LogP contribution < -0.4 is 0 Å². The molecule has 15 heavy (non-hydrogen) atoms. The molecule has 0 nitrogen and oxygen atoms in total. The number of aryl methyl sites for hydroxylation is 1. The SMILES string of the molecule is C/C=C/C=C/Cc1ccc(C)cc1.CC. The smallest absolute Gasteiger partial charge is 0.00943 e. The van der Waals surface area contributed by atoms with Gasteiger partial charge in [0.25, 0.3) is 0 Å². The highest BCUT2D eigenvalue weighted by molar-refractivity contribution is 5.23. The third-order valence-electron chi connectivity index (χ3n) is 1.91. The van der Waals surface area contributed by atoms with Crippen molar-refractivity contribution in [2.24, 2.45) is 0 Å². The Balaban J connectivity index is 0.000000921. The largest absolute Gasteiger partial charge is 0.0877 e. The Morgan fingerprint density at radius 2 is 1.60 bits per heavy atom. The van der Waals surface area contributed by atoms with Crippen molar-refractivity contribution in [2.45, 2.75) is 34.1 Å². The Labute approximate surface area is 94.3 Å². The molecule has 0 aliphatic carbocycles. The molecule has 0 heteroatoms. The van der Waals surface area contributed by atoms with Crippen molar-refractivity contribution >= 4 is 0 Å². The molecule has 0 radical (unpaired) electrons. The van der Waals surface area contributed by atoms with Crippen LogP contribution in [0.3, 0.4) is 0 Å². The van der Waals surface area contributed by atoms with Crippen LogP contribution in [-0.4, -0.2) is 0 Å². The molecule has 0 aliphatic heterocycles. The molecule has 0 aliphatic rings. The monoisotopic (exact) mass is 202 g/mol. The van der Waals surface area contributed by atoms with E-state index in [0.29, 0.717) is 0 Å². The molecule has 0 unspecified atom stereocenters. The van der Waals surface area contributed by atoms with Gasteiger partial charge < -0.3 is 0 Å². The third-order valence-corrected chi connectivity index (χ3v) is 1.91. The van der Waals surface area contributed by atoms with E-state index < -0.39 is 0 Å². The molecule has 0 saturated heterocycles. The van der Waals surface area contributed by atoms with Crippen molar-refractivity contribution in [1.82, 2.24) is 0 Å². The molecule has 0 N–H and O–H groups in total. The second kappa shape index (κ2) is 9.26. The molecule has 0 atom stereocenters. The number of benzene rings is 1. The molecule has 1 aromatic carbocycles. The van der Waals surface area contributed by atoms with E-state index >= 15 is 0 Å². The van der Waals surface area contributed by atoms with Crippen LogP contribution in [0.5, 0.6) is 0 Å². The van der Waals surface area contributed by atoms with Crippen molar-refractivity contribution in [3.05, 3.63) is 59.7 Å². The molecule has 0 bridgehead atoms. The van der Waals surface area contributed by atoms with E-state index in [1.54, 1.807) is 0 Å². The zero-order valence-electron chi connectivity index (χ0n) is 10.3. The average Bonchev–Trinajstić information content (AvgIpc) is 2.30. The van der Waals surface area contributed by atoms with Gasteiger partial charge in [0.15, 0.2) is 0 Å². The lowest BCUT2D eigenvalue weighted by Gasteiger charge is -1.96. The fourth-order valence-electron chi connectivity index (χ4n) is 1.12. The first kappa shape index (κ1) is 13.7. The van der Waals surface area contributed by atoms with Crippen molar-refractivity contribution in [1.29, 1.82) is 0 Å². The Morgan fingerprint density at radius 3 is 2.13 bits per heavy atom. The minimum Gasteiger partial charge on any atom is -0.0877 e. The topological polar surface area (TPSA) is 0 Å². The fraction of sp³-hybridized carbons (Fsp3) is 0.333. The second-order valence-electron chi connectivity index (χ2n) is 3.14. The van der Waals surface area contributed by atoms with Crippen LogP contribution in [0, 0.1) is 6.92 Å². The van der Waals surface area contributed by atoms with Crippen molar-refractivity contribution < 1.29 is 0 Å². The van der Waals surface area contributed by atoms with Gasteiger partial charge in [-0.2, -0.15) is 0 Å². The van der Waals surface area contributed by atoms with E-state index in [0.717, 1.165) is 6.42 Å². The molecule has 1 rings (SSSR count). The van der Waals surface area contributed by atoms with Crippen molar-refractivity contribution in [3.63, 3.8) is 0 Å². The molecule has 0 heterocycles. The second-order valence-corrected chi connectivity index (χ2v) is 3.14. The minimum absolute atomic E-state index is 1.02. The molecule has 0 amide bonds. The number of allylic oxidation sites excluding steroid dienone is 4. The molecular formula is C15H22. The van der Waals surface area contributed by atoms with Gasteiger partial charge in [-0.25, -0.2) is 0 Å². The summed E-state index contributed by atoms with van der Waals surface area (Å²) in [5, 5.41) is 0. The van der Waals surface area contributed by atoms with Gasteiger partial charge in [-0.05, 0) is 25.8 Å². The summed E-state index contributed by atoms with van der Waals surface area (Å²) in [4.78, 5) is 0. The maximum Gasteiger partial charge on any atom is -0.00943 e. The highest BCUT2D eigenvalue weighted by Crippen LogP contribution is 2.04. The summed E-state index contributed by atoms with van der Waals surface area (Å²) in [5.74, 6) is 0. The Bertz CT molecular complexity index is 288. The predicted molar refractivity (Wildman–Crippen MR) is 70.2 cm³/mol. The maximum atomic E-state index is 2.18. The van der Waals surface area contributed by atoms with E-state index in [-0.39, 0.29) is 0 Å². The zero-order chi connectivity index (χ0) is 11.5. The summed E-state index contributed by atoms with van der Waals surface area (Å²) >= 11 is 0. The van der Waals surface area contributed by atoms with Gasteiger partial charge in [0.2, 0.25) is 0 Å². The van der Waals surface area contributed by atoms with E-state index in [4.69, 9.17) is 0 Å². The van der Waals surface area contributed by atoms with Crippen LogP contribution in [0.2, 0.25) is 0 Å². The van der Waals surface area contributed by atoms with E-state index in [2.05, 4.69) is 43.3 Å². The first-order valence-electron chi connectivity index (χ1n) is 5.66. The van der Waals surface area contributed by atoms with Gasteiger partial charge in [-0.1, -0.05) is 68.0 Å². The minimum atomic E-state index is 1.02. The van der Waals surface area contributed by atoms with Crippen LogP contribution >= 0.6 is 0 Å². The van der Waals surface area contributed by atoms with Gasteiger partial charge in [-0.3, -0.25) is 0 Å². The van der Waals surface area contributed by atoms with Gasteiger partial charge in [0.1, 0.15) is 0 Å². The molecule has 1 aromatic rings. The van der Waals surface area contributed by atoms with E-state index in [1.807, 2.05) is 32.9 Å². The van der Waals surface area contributed by atoms with Gasteiger partial charge >= 0.3 is 0 Å². The predicted octanol–water partition coefficient (Wildman–Crippen LogP) is 4.70. The standard InChI is InChI=1S/C13H16.C2H6/c1-3-4-5-6-7-13-10-8-12(2)9-11-13;1-2/h3-6,8-11H,7H2,1-2H3;1-2H3/b4-3+,6-5+;. The summed E-state index contributed by atoms with van der Waals surface area (Å²) in [5.41, 5.74) is 2.69. The number of hydrogen-bond acceptors (Lipinski definition) is 0. The lowest BCUT2D eigenvalue weighted by molar-refractivity contribution is 1.26. The highest BCUT2D eigenvalue weighted by atomic mass is 13.9. The molecule has 0 aromatic heterocycles. The summed E-state index contributed by atoms with van der Waals surface area (Å²) < 4.78 is 0. The summed E-state index contributed by atoms with van der Waals surface area (Å²) in [6, 6.07) is 8.66. The average molecular weight is 202 g/mol. The van der Waals surface area contributed by atoms with Gasteiger partial charge in [-0.15, -0.1) is 0 Å². The zero-order valence-corrected chi connectivity index (χ0v) is 10.3. The number of rotatable bonds is 3. The van der Waals surface area contributed by atoms with Crippen LogP contribution in [0.15, 0.2) is 48.6 Å². The molecule has 82 valence electrons. The van der Waals surface area contributed by atoms with Crippen LogP contribution in [0.1, 0.15) is 31.9 Å². The molecule has 0 saturated carbocycles. The Morgan fingerprint density at radius 1 is 1.00 bits per heavy atom. The van der Waals surface area contributed by atoms with Crippen molar-refractivity contribution in [2.75, 3.05) is 0 Å². The molecule has 0 fully saturated rings. The van der Waals surface area contributed by atoms with Gasteiger partial charge in [0.05, 0.1) is 0 Å². The molecule has 0 spiro atoms. The lowest BCUT2D eigenvalue weighted by atomic mass is 10.1. The third kappa shape index (κ3) is 6.73. The van der Waals surface area contributed by atoms with E-state index in [1.165, 1.54) is 11.1 Å². The van der Waals surface area contributed by atoms with Crippen LogP contribution in [-0.2, 0) is 6.42 Å². The fourth-order valence-corrected chi connectivity index (χ4v) is 1.12. The van der Waals surface area contributed by atoms with Gasteiger partial charge in [0, 0.05) is 0 Å². The Hall–Kier alpha value is -1.30. The number of hydrogen-bond donors (Lipinski definition) is 0. The maximum absolute atomic E-state index is 2.18. The normalized spacial score (nSPS) is 10.4.